The van der Waals surface area contributed by atoms with Gasteiger partial charge >= 0.3 is 17.2 Å². The van der Waals surface area contributed by atoms with Gasteiger partial charge in [-0.05, 0) is 80.5 Å². The average Bonchev–Trinajstić information content (AvgIpc) is 2.78. The van der Waals surface area contributed by atoms with Crippen LogP contribution in [-0.4, -0.2) is 27.7 Å². The number of fused-ring (bicyclic) bond motifs is 3. The number of H-pyrrole nitrogens is 1. The molecule has 11 heteroatoms. The van der Waals surface area contributed by atoms with Gasteiger partial charge in [-0.3, -0.25) is 19.4 Å². The molecule has 1 aliphatic heterocycles. The van der Waals surface area contributed by atoms with Gasteiger partial charge in [-0.1, -0.05) is 30.8 Å². The average molecular weight is 703 g/mol. The van der Waals surface area contributed by atoms with Crippen LogP contribution in [0.2, 0.25) is 0 Å². The molecule has 1 aromatic heterocycles. The van der Waals surface area contributed by atoms with Crippen molar-refractivity contribution in [1.29, 1.82) is 0 Å². The van der Waals surface area contributed by atoms with E-state index in [1.807, 2.05) is 36.4 Å². The highest BCUT2D eigenvalue weighted by molar-refractivity contribution is 14.1. The molecule has 0 radical (unpaired) electrons. The second-order valence-electron chi connectivity index (χ2n) is 7.59. The van der Waals surface area contributed by atoms with Crippen molar-refractivity contribution in [2.24, 2.45) is 0 Å². The van der Waals surface area contributed by atoms with E-state index in [0.29, 0.717) is 35.0 Å². The predicted molar refractivity (Wildman–Crippen MR) is 146 cm³/mol. The molecule has 176 valence electrons. The second kappa shape index (κ2) is 10.3. The van der Waals surface area contributed by atoms with Crippen molar-refractivity contribution >= 4 is 74.5 Å². The monoisotopic (exact) mass is 703 g/mol. The van der Waals surface area contributed by atoms with E-state index >= 15 is 0 Å². The van der Waals surface area contributed by atoms with Gasteiger partial charge in [0.1, 0.15) is 0 Å². The molecule has 1 atom stereocenters. The number of thioether (sulfide) groups is 1. The van der Waals surface area contributed by atoms with Gasteiger partial charge in [0.2, 0.25) is 11.1 Å². The molecule has 0 saturated carbocycles. The molecule has 1 amide bonds. The molecule has 0 spiro atoms. The molecule has 1 aliphatic rings. The number of hydrogen-bond donors (Lipinski definition) is 1. The molecule has 1 N–H and O–H groups in total. The maximum Gasteiger partial charge on any atom is 0.325 e. The topological polar surface area (TPSA) is 96.2 Å². The van der Waals surface area contributed by atoms with Crippen LogP contribution in [-0.2, 0) is 9.59 Å². The predicted octanol–water partition coefficient (Wildman–Crippen LogP) is 4.27. The first-order valence-electron chi connectivity index (χ1n) is 10.5. The minimum absolute atomic E-state index is 0.186. The van der Waals surface area contributed by atoms with E-state index in [4.69, 9.17) is 9.84 Å². The Hall–Kier alpha value is -2.00. The largest absolute Gasteiger partial charge is 0.424 e. The molecule has 0 saturated heterocycles. The van der Waals surface area contributed by atoms with Crippen LogP contribution in [0.15, 0.2) is 46.3 Å². The first kappa shape index (κ1) is 25.1. The van der Waals surface area contributed by atoms with Crippen molar-refractivity contribution in [3.63, 3.8) is 0 Å². The number of hydrogen-bond acceptors (Lipinski definition) is 6. The van der Waals surface area contributed by atoms with Crippen molar-refractivity contribution in [3.05, 3.63) is 59.5 Å². The number of carbonyl (C=O) groups excluding carboxylic acids is 2. The Morgan fingerprint density at radius 3 is 2.50 bits per heavy atom. The van der Waals surface area contributed by atoms with E-state index in [1.165, 1.54) is 25.6 Å². The standard InChI is InChI=1S/C23H20I2N4O4S/c1-4-9-34-23-26-21(32)19-15-7-5-6-8-18(15)28(12(2)30)22(29(19)27-23)14-10-16(24)20(17(25)11-14)33-13(3)31/h5-8,10-11,22H,4,9H2,1-3H3/p+1/t22-/m0/s1. The summed E-state index contributed by atoms with van der Waals surface area (Å²) >= 11 is 5.68. The molecule has 4 rings (SSSR count). The van der Waals surface area contributed by atoms with Crippen LogP contribution in [0.5, 0.6) is 5.75 Å². The molecule has 0 bridgehead atoms. The zero-order valence-corrected chi connectivity index (χ0v) is 23.7. The number of esters is 1. The normalized spacial score (nSPS) is 14.4. The summed E-state index contributed by atoms with van der Waals surface area (Å²) in [5.74, 6) is 0.666. The van der Waals surface area contributed by atoms with Gasteiger partial charge in [0.25, 0.3) is 6.17 Å². The Bertz CT molecular complexity index is 1340. The number of nitrogens with one attached hydrogen (secondary N) is 1. The van der Waals surface area contributed by atoms with Crippen LogP contribution in [0.4, 0.5) is 5.69 Å². The van der Waals surface area contributed by atoms with Crippen LogP contribution >= 0.6 is 56.9 Å². The summed E-state index contributed by atoms with van der Waals surface area (Å²) in [4.78, 5) is 42.4. The Balaban J connectivity index is 2.00. The first-order valence-corrected chi connectivity index (χ1v) is 13.6. The molecular formula is C23H21I2N4O4S+. The fourth-order valence-electron chi connectivity index (χ4n) is 3.85. The summed E-state index contributed by atoms with van der Waals surface area (Å²) < 4.78 is 8.44. The number of ether oxygens (including phenoxy) is 1. The summed E-state index contributed by atoms with van der Waals surface area (Å²) in [5, 5.41) is 5.26. The maximum atomic E-state index is 13.3. The highest BCUT2D eigenvalue weighted by atomic mass is 127. The Morgan fingerprint density at radius 1 is 1.21 bits per heavy atom. The molecule has 0 fully saturated rings. The van der Waals surface area contributed by atoms with Gasteiger partial charge < -0.3 is 4.74 Å². The summed E-state index contributed by atoms with van der Waals surface area (Å²) in [6.07, 6.45) is 0.231. The molecule has 34 heavy (non-hydrogen) atoms. The van der Waals surface area contributed by atoms with Gasteiger partial charge in [-0.15, -0.1) is 0 Å². The summed E-state index contributed by atoms with van der Waals surface area (Å²) in [5.41, 5.74) is 2.12. The molecular weight excluding hydrogens is 682 g/mol. The van der Waals surface area contributed by atoms with Gasteiger partial charge in [0.15, 0.2) is 5.75 Å². The van der Waals surface area contributed by atoms with Gasteiger partial charge in [0.05, 0.1) is 18.4 Å². The quantitative estimate of drug-likeness (QED) is 0.140. The number of anilines is 1. The number of aromatic amines is 1. The van der Waals surface area contributed by atoms with E-state index in [9.17, 15) is 14.4 Å². The van der Waals surface area contributed by atoms with Crippen LogP contribution in [0.3, 0.4) is 0 Å². The molecule has 0 unspecified atom stereocenters. The van der Waals surface area contributed by atoms with Crippen LogP contribution < -0.4 is 19.9 Å². The number of benzene rings is 2. The molecule has 8 nitrogen and oxygen atoms in total. The van der Waals surface area contributed by atoms with Crippen molar-refractivity contribution in [2.45, 2.75) is 38.5 Å². The van der Waals surface area contributed by atoms with Crippen molar-refractivity contribution in [1.82, 2.24) is 10.1 Å². The third kappa shape index (κ3) is 4.73. The van der Waals surface area contributed by atoms with E-state index in [1.54, 1.807) is 9.58 Å². The van der Waals surface area contributed by atoms with Crippen LogP contribution in [0.25, 0.3) is 11.3 Å². The van der Waals surface area contributed by atoms with E-state index in [0.717, 1.165) is 17.7 Å². The van der Waals surface area contributed by atoms with Gasteiger partial charge in [-0.25, -0.2) is 4.90 Å². The second-order valence-corrected chi connectivity index (χ2v) is 11.0. The molecule has 3 aromatic rings. The lowest BCUT2D eigenvalue weighted by Crippen LogP contribution is -2.60. The fraction of sp³-hybridized carbons (Fsp3) is 0.261. The SMILES string of the molecule is CCCSc1n[n+]2c(c(=O)[nH]1)-c1ccccc1N(C(C)=O)[C@@H]2c1cc(I)c(OC(C)=O)c(I)c1. The highest BCUT2D eigenvalue weighted by Gasteiger charge is 2.45. The van der Waals surface area contributed by atoms with Crippen LogP contribution in [0.1, 0.15) is 38.9 Å². The van der Waals surface area contributed by atoms with Gasteiger partial charge in [0, 0.05) is 30.3 Å². The zero-order valence-electron chi connectivity index (χ0n) is 18.6. The lowest BCUT2D eigenvalue weighted by molar-refractivity contribution is -0.763. The number of carbonyl (C=O) groups is 2. The van der Waals surface area contributed by atoms with Gasteiger partial charge in [-0.2, -0.15) is 0 Å². The smallest absolute Gasteiger partial charge is 0.325 e. The number of nitrogens with zero attached hydrogens (tertiary/aromatic N) is 3. The van der Waals surface area contributed by atoms with Crippen molar-refractivity contribution in [2.75, 3.05) is 10.7 Å². The minimum atomic E-state index is -0.695. The van der Waals surface area contributed by atoms with Crippen molar-refractivity contribution < 1.29 is 19.0 Å². The number of rotatable bonds is 5. The number of amides is 1. The Kier molecular flexibility index (Phi) is 7.62. The summed E-state index contributed by atoms with van der Waals surface area (Å²) in [6, 6.07) is 11.0. The third-order valence-corrected chi connectivity index (χ3v) is 7.78. The molecule has 2 heterocycles. The number of aromatic nitrogens is 3. The van der Waals surface area contributed by atoms with Crippen molar-refractivity contribution in [3.8, 4) is 17.0 Å². The Morgan fingerprint density at radius 2 is 1.88 bits per heavy atom. The van der Waals surface area contributed by atoms with E-state index in [-0.39, 0.29) is 11.5 Å². The molecule has 2 aromatic carbocycles. The number of halogens is 2. The lowest BCUT2D eigenvalue weighted by Gasteiger charge is -2.31. The van der Waals surface area contributed by atoms with Crippen LogP contribution in [0, 0.1) is 7.14 Å². The number of para-hydroxylation sites is 1. The summed E-state index contributed by atoms with van der Waals surface area (Å²) in [7, 11) is 0. The fourth-order valence-corrected chi connectivity index (χ4v) is 6.59. The highest BCUT2D eigenvalue weighted by Crippen LogP contribution is 2.39. The third-order valence-electron chi connectivity index (χ3n) is 5.10. The Labute approximate surface area is 227 Å². The first-order chi connectivity index (χ1) is 16.2. The zero-order chi connectivity index (χ0) is 24.6. The summed E-state index contributed by atoms with van der Waals surface area (Å²) in [6.45, 7) is 4.91. The minimum Gasteiger partial charge on any atom is -0.424 e. The van der Waals surface area contributed by atoms with E-state index in [2.05, 4.69) is 57.1 Å². The molecule has 0 aliphatic carbocycles. The lowest BCUT2D eigenvalue weighted by atomic mass is 10.0. The van der Waals surface area contributed by atoms with E-state index < -0.39 is 12.1 Å². The maximum absolute atomic E-state index is 13.3.